The molecule has 2 rings (SSSR count). The Labute approximate surface area is 116 Å². The van der Waals surface area contributed by atoms with E-state index in [0.29, 0.717) is 12.8 Å². The average Bonchev–Trinajstić information content (AvgIpc) is 2.27. The summed E-state index contributed by atoms with van der Waals surface area (Å²) >= 11 is 0. The van der Waals surface area contributed by atoms with Gasteiger partial charge in [0.2, 0.25) is 10.0 Å². The van der Waals surface area contributed by atoms with E-state index in [9.17, 15) is 18.5 Å². The molecule has 1 aromatic carbocycles. The van der Waals surface area contributed by atoms with E-state index in [-0.39, 0.29) is 35.1 Å². The van der Waals surface area contributed by atoms with Crippen LogP contribution in [0.5, 0.6) is 0 Å². The fourth-order valence-electron chi connectivity index (χ4n) is 1.79. The molecule has 9 heteroatoms. The Bertz CT molecular complexity index is 555. The molecule has 0 saturated heterocycles. The summed E-state index contributed by atoms with van der Waals surface area (Å²) in [6.45, 7) is 0. The number of hydrogen-bond donors (Lipinski definition) is 2. The maximum absolute atomic E-state index is 11.9. The summed E-state index contributed by atoms with van der Waals surface area (Å²) in [7, 11) is -3.61. The first kappa shape index (κ1) is 15.8. The number of hydrogen-bond acceptors (Lipinski definition) is 5. The van der Waals surface area contributed by atoms with E-state index >= 15 is 0 Å². The van der Waals surface area contributed by atoms with Crippen LogP contribution in [0.25, 0.3) is 0 Å². The maximum atomic E-state index is 11.9. The third-order valence-electron chi connectivity index (χ3n) is 2.85. The van der Waals surface area contributed by atoms with Crippen LogP contribution >= 0.6 is 12.4 Å². The lowest BCUT2D eigenvalue weighted by Gasteiger charge is -2.32. The second kappa shape index (κ2) is 5.83. The molecule has 1 aliphatic carbocycles. The highest BCUT2D eigenvalue weighted by molar-refractivity contribution is 7.89. The number of nitro groups is 1. The molecule has 3 N–H and O–H groups in total. The van der Waals surface area contributed by atoms with Gasteiger partial charge in [-0.2, -0.15) is 0 Å². The van der Waals surface area contributed by atoms with Crippen molar-refractivity contribution in [2.75, 3.05) is 0 Å². The van der Waals surface area contributed by atoms with Gasteiger partial charge >= 0.3 is 0 Å². The molecule has 0 aromatic heterocycles. The highest BCUT2D eigenvalue weighted by Gasteiger charge is 2.30. The largest absolute Gasteiger partial charge is 0.328 e. The topological polar surface area (TPSA) is 115 Å². The molecule has 1 saturated carbocycles. The predicted octanol–water partition coefficient (Wildman–Crippen LogP) is 0.785. The van der Waals surface area contributed by atoms with Crippen molar-refractivity contribution < 1.29 is 13.3 Å². The van der Waals surface area contributed by atoms with Gasteiger partial charge in [0.15, 0.2) is 0 Å². The van der Waals surface area contributed by atoms with Gasteiger partial charge in [-0.1, -0.05) is 0 Å². The van der Waals surface area contributed by atoms with E-state index in [1.807, 2.05) is 0 Å². The third-order valence-corrected chi connectivity index (χ3v) is 4.39. The Balaban J connectivity index is 0.00000180. The second-order valence-corrected chi connectivity index (χ2v) is 6.01. The minimum Gasteiger partial charge on any atom is -0.328 e. The Morgan fingerprint density at radius 1 is 1.26 bits per heavy atom. The molecule has 19 heavy (non-hydrogen) atoms. The molecule has 1 aromatic rings. The molecule has 0 bridgehead atoms. The molecule has 0 spiro atoms. The van der Waals surface area contributed by atoms with Gasteiger partial charge in [0.25, 0.3) is 5.69 Å². The van der Waals surface area contributed by atoms with Crippen LogP contribution in [-0.2, 0) is 10.0 Å². The zero-order valence-corrected chi connectivity index (χ0v) is 11.5. The monoisotopic (exact) mass is 307 g/mol. The molecule has 0 unspecified atom stereocenters. The highest BCUT2D eigenvalue weighted by Crippen LogP contribution is 2.21. The van der Waals surface area contributed by atoms with E-state index in [2.05, 4.69) is 4.72 Å². The maximum Gasteiger partial charge on any atom is 0.269 e. The minimum atomic E-state index is -3.61. The first-order valence-corrected chi connectivity index (χ1v) is 6.89. The van der Waals surface area contributed by atoms with Gasteiger partial charge in [0.1, 0.15) is 0 Å². The molecule has 7 nitrogen and oxygen atoms in total. The fourth-order valence-corrected chi connectivity index (χ4v) is 3.05. The first-order valence-electron chi connectivity index (χ1n) is 5.41. The van der Waals surface area contributed by atoms with Crippen molar-refractivity contribution in [3.63, 3.8) is 0 Å². The number of sulfonamides is 1. The molecular formula is C10H14ClN3O4S. The Kier molecular flexibility index (Phi) is 4.86. The van der Waals surface area contributed by atoms with Crippen molar-refractivity contribution in [2.45, 2.75) is 29.8 Å². The molecule has 0 atom stereocenters. The van der Waals surface area contributed by atoms with Crippen LogP contribution in [0.3, 0.4) is 0 Å². The van der Waals surface area contributed by atoms with Crippen molar-refractivity contribution in [2.24, 2.45) is 5.73 Å². The van der Waals surface area contributed by atoms with Crippen molar-refractivity contribution in [3.8, 4) is 0 Å². The molecular weight excluding hydrogens is 294 g/mol. The van der Waals surface area contributed by atoms with Gasteiger partial charge in [0, 0.05) is 24.2 Å². The SMILES string of the molecule is Cl.NC1CC(NS(=O)(=O)c2ccc([N+](=O)[O-])cc2)C1. The molecule has 1 aliphatic rings. The normalized spacial score (nSPS) is 22.2. The molecule has 0 aliphatic heterocycles. The number of rotatable bonds is 4. The van der Waals surface area contributed by atoms with E-state index < -0.39 is 14.9 Å². The number of nitrogens with two attached hydrogens (primary N) is 1. The van der Waals surface area contributed by atoms with Gasteiger partial charge in [-0.05, 0) is 25.0 Å². The summed E-state index contributed by atoms with van der Waals surface area (Å²) in [5.41, 5.74) is 5.43. The lowest BCUT2D eigenvalue weighted by Crippen LogP contribution is -2.50. The average molecular weight is 308 g/mol. The van der Waals surface area contributed by atoms with Crippen LogP contribution in [0.4, 0.5) is 5.69 Å². The van der Waals surface area contributed by atoms with Crippen molar-refractivity contribution >= 4 is 28.1 Å². The third kappa shape index (κ3) is 3.63. The van der Waals surface area contributed by atoms with E-state index in [1.165, 1.54) is 24.3 Å². The number of nitrogens with one attached hydrogen (secondary N) is 1. The van der Waals surface area contributed by atoms with Gasteiger partial charge < -0.3 is 5.73 Å². The minimum absolute atomic E-state index is 0. The molecule has 0 radical (unpaired) electrons. The van der Waals surface area contributed by atoms with Crippen LogP contribution in [0.15, 0.2) is 29.2 Å². The Hall–Kier alpha value is -1.22. The molecule has 1 fully saturated rings. The van der Waals surface area contributed by atoms with E-state index in [0.717, 1.165) is 0 Å². The number of nitrogens with zero attached hydrogens (tertiary/aromatic N) is 1. The van der Waals surface area contributed by atoms with E-state index in [4.69, 9.17) is 5.73 Å². The van der Waals surface area contributed by atoms with Crippen LogP contribution in [-0.4, -0.2) is 25.4 Å². The van der Waals surface area contributed by atoms with Gasteiger partial charge in [-0.15, -0.1) is 12.4 Å². The second-order valence-electron chi connectivity index (χ2n) is 4.30. The Morgan fingerprint density at radius 2 is 1.79 bits per heavy atom. The van der Waals surface area contributed by atoms with Gasteiger partial charge in [-0.3, -0.25) is 10.1 Å². The summed E-state index contributed by atoms with van der Waals surface area (Å²) in [4.78, 5) is 9.91. The predicted molar refractivity (Wildman–Crippen MR) is 71.7 cm³/mol. The fraction of sp³-hybridized carbons (Fsp3) is 0.400. The lowest BCUT2D eigenvalue weighted by molar-refractivity contribution is -0.384. The highest BCUT2D eigenvalue weighted by atomic mass is 35.5. The van der Waals surface area contributed by atoms with E-state index in [1.54, 1.807) is 0 Å². The zero-order valence-electron chi connectivity index (χ0n) is 9.85. The van der Waals surface area contributed by atoms with Gasteiger partial charge in [-0.25, -0.2) is 13.1 Å². The van der Waals surface area contributed by atoms with Gasteiger partial charge in [0.05, 0.1) is 9.82 Å². The summed E-state index contributed by atoms with van der Waals surface area (Å²) in [6.07, 6.45) is 1.23. The number of nitro benzene ring substituents is 1. The van der Waals surface area contributed by atoms with Crippen LogP contribution in [0.2, 0.25) is 0 Å². The van der Waals surface area contributed by atoms with Crippen LogP contribution in [0, 0.1) is 10.1 Å². The molecule has 106 valence electrons. The van der Waals surface area contributed by atoms with Crippen LogP contribution in [0.1, 0.15) is 12.8 Å². The van der Waals surface area contributed by atoms with Crippen molar-refractivity contribution in [3.05, 3.63) is 34.4 Å². The molecule has 0 amide bonds. The molecule has 0 heterocycles. The smallest absolute Gasteiger partial charge is 0.269 e. The quantitative estimate of drug-likeness (QED) is 0.630. The van der Waals surface area contributed by atoms with Crippen molar-refractivity contribution in [1.82, 2.24) is 4.72 Å². The van der Waals surface area contributed by atoms with Crippen LogP contribution < -0.4 is 10.5 Å². The first-order chi connectivity index (χ1) is 8.38. The van der Waals surface area contributed by atoms with Crippen molar-refractivity contribution in [1.29, 1.82) is 0 Å². The Morgan fingerprint density at radius 3 is 2.21 bits per heavy atom. The number of halogens is 1. The number of benzene rings is 1. The summed E-state index contributed by atoms with van der Waals surface area (Å²) in [5, 5.41) is 10.5. The summed E-state index contributed by atoms with van der Waals surface area (Å²) < 4.78 is 26.3. The standard InChI is InChI=1S/C10H13N3O4S.ClH/c11-7-5-8(6-7)12-18(16,17)10-3-1-9(2-4-10)13(14)15;/h1-4,7-8,12H,5-6,11H2;1H. The number of non-ortho nitro benzene ring substituents is 1. The summed E-state index contributed by atoms with van der Waals surface area (Å²) in [6, 6.07) is 4.69. The lowest BCUT2D eigenvalue weighted by atomic mass is 9.89. The zero-order chi connectivity index (χ0) is 13.3. The summed E-state index contributed by atoms with van der Waals surface area (Å²) in [5.74, 6) is 0.